The first-order chi connectivity index (χ1) is 6.57. The van der Waals surface area contributed by atoms with E-state index in [2.05, 4.69) is 12.2 Å². The molecule has 0 unspecified atom stereocenters. The Kier molecular flexibility index (Phi) is 10.4. The van der Waals surface area contributed by atoms with E-state index in [9.17, 15) is 0 Å². The van der Waals surface area contributed by atoms with E-state index in [-0.39, 0.29) is 24.3 Å². The van der Waals surface area contributed by atoms with Crippen LogP contribution in [-0.4, -0.2) is 23.5 Å². The summed E-state index contributed by atoms with van der Waals surface area (Å²) in [5.41, 5.74) is 5.06. The molecule has 0 rings (SSSR count). The van der Waals surface area contributed by atoms with Gasteiger partial charge >= 0.3 is 0 Å². The molecule has 7 heteroatoms. The molecule has 6 nitrogen and oxygen atoms in total. The van der Waals surface area contributed by atoms with E-state index in [1.54, 1.807) is 0 Å². The summed E-state index contributed by atoms with van der Waals surface area (Å²) >= 11 is 0. The Morgan fingerprint density at radius 3 is 2.33 bits per heavy atom. The van der Waals surface area contributed by atoms with Crippen LogP contribution in [0.1, 0.15) is 32.6 Å². The van der Waals surface area contributed by atoms with E-state index >= 15 is 0 Å². The predicted octanol–water partition coefficient (Wildman–Crippen LogP) is 0.582. The van der Waals surface area contributed by atoms with Gasteiger partial charge in [-0.15, -0.1) is 12.4 Å². The predicted molar refractivity (Wildman–Crippen MR) is 65.1 cm³/mol. The molecule has 0 saturated heterocycles. The van der Waals surface area contributed by atoms with Gasteiger partial charge in [-0.25, -0.2) is 5.84 Å². The Bertz CT molecular complexity index is 196. The standard InChI is InChI=1S/C8H20N6.ClH/c1-2-3-4-5-6-14(12)8(11)13-7(9)10;/h2-6,12H2,1H3,(H5,9,10,11,13);1H. The first kappa shape index (κ1) is 16.4. The molecule has 0 bridgehead atoms. The molecule has 0 saturated carbocycles. The van der Waals surface area contributed by atoms with Crippen molar-refractivity contribution in [1.29, 1.82) is 10.8 Å². The van der Waals surface area contributed by atoms with Gasteiger partial charge < -0.3 is 5.73 Å². The van der Waals surface area contributed by atoms with Gasteiger partial charge in [-0.3, -0.25) is 21.1 Å². The van der Waals surface area contributed by atoms with Crippen molar-refractivity contribution in [3.8, 4) is 0 Å². The van der Waals surface area contributed by atoms with Gasteiger partial charge in [0.25, 0.3) is 0 Å². The Morgan fingerprint density at radius 2 is 1.87 bits per heavy atom. The number of nitrogens with two attached hydrogens (primary N) is 2. The van der Waals surface area contributed by atoms with Crippen LogP contribution in [0.3, 0.4) is 0 Å². The van der Waals surface area contributed by atoms with Crippen molar-refractivity contribution in [3.05, 3.63) is 0 Å². The van der Waals surface area contributed by atoms with Crippen LogP contribution in [0.2, 0.25) is 0 Å². The first-order valence-electron chi connectivity index (χ1n) is 4.79. The quantitative estimate of drug-likeness (QED) is 0.158. The third-order valence-electron chi connectivity index (χ3n) is 1.79. The van der Waals surface area contributed by atoms with Gasteiger partial charge in [0.1, 0.15) is 0 Å². The maximum atomic E-state index is 7.37. The highest BCUT2D eigenvalue weighted by molar-refractivity contribution is 5.94. The highest BCUT2D eigenvalue weighted by Gasteiger charge is 2.04. The van der Waals surface area contributed by atoms with Crippen LogP contribution in [0.5, 0.6) is 0 Å². The SMILES string of the molecule is CCCCCCN(N)C(=N)NC(=N)N.Cl. The lowest BCUT2D eigenvalue weighted by atomic mass is 10.2. The highest BCUT2D eigenvalue weighted by atomic mass is 35.5. The zero-order valence-corrected chi connectivity index (χ0v) is 9.86. The molecule has 0 amide bonds. The van der Waals surface area contributed by atoms with Crippen molar-refractivity contribution in [2.24, 2.45) is 11.6 Å². The molecule has 7 N–H and O–H groups in total. The first-order valence-corrected chi connectivity index (χ1v) is 4.79. The summed E-state index contributed by atoms with van der Waals surface area (Å²) in [6.07, 6.45) is 4.42. The fourth-order valence-electron chi connectivity index (χ4n) is 1.02. The van der Waals surface area contributed by atoms with E-state index in [1.165, 1.54) is 17.9 Å². The minimum Gasteiger partial charge on any atom is -0.370 e. The van der Waals surface area contributed by atoms with Crippen LogP contribution in [0.15, 0.2) is 0 Å². The van der Waals surface area contributed by atoms with Crippen LogP contribution in [-0.2, 0) is 0 Å². The summed E-state index contributed by atoms with van der Waals surface area (Å²) in [7, 11) is 0. The van der Waals surface area contributed by atoms with E-state index in [0.717, 1.165) is 12.8 Å². The van der Waals surface area contributed by atoms with Crippen molar-refractivity contribution < 1.29 is 0 Å². The van der Waals surface area contributed by atoms with Crippen molar-refractivity contribution >= 4 is 24.3 Å². The van der Waals surface area contributed by atoms with Crippen LogP contribution in [0.4, 0.5) is 0 Å². The zero-order chi connectivity index (χ0) is 11.0. The van der Waals surface area contributed by atoms with E-state index < -0.39 is 0 Å². The van der Waals surface area contributed by atoms with Gasteiger partial charge in [-0.05, 0) is 6.42 Å². The number of hydrogen-bond donors (Lipinski definition) is 5. The van der Waals surface area contributed by atoms with E-state index in [1.807, 2.05) is 0 Å². The molecule has 0 aromatic heterocycles. The molecule has 15 heavy (non-hydrogen) atoms. The van der Waals surface area contributed by atoms with Gasteiger partial charge in [0.05, 0.1) is 0 Å². The molecule has 0 spiro atoms. The summed E-state index contributed by atoms with van der Waals surface area (Å²) in [5, 5.41) is 17.9. The number of hydrogen-bond acceptors (Lipinski definition) is 3. The number of nitrogens with one attached hydrogen (secondary N) is 3. The molecule has 0 aromatic rings. The van der Waals surface area contributed by atoms with Crippen LogP contribution in [0.25, 0.3) is 0 Å². The third-order valence-corrected chi connectivity index (χ3v) is 1.79. The monoisotopic (exact) mass is 236 g/mol. The zero-order valence-electron chi connectivity index (χ0n) is 9.05. The molecule has 0 atom stereocenters. The van der Waals surface area contributed by atoms with Gasteiger partial charge in [0, 0.05) is 6.54 Å². The van der Waals surface area contributed by atoms with E-state index in [4.69, 9.17) is 22.4 Å². The molecule has 0 radical (unpaired) electrons. The number of unbranched alkanes of at least 4 members (excludes halogenated alkanes) is 3. The molecule has 0 aliphatic carbocycles. The van der Waals surface area contributed by atoms with Crippen LogP contribution >= 0.6 is 12.4 Å². The fraction of sp³-hybridized carbons (Fsp3) is 0.750. The average molecular weight is 237 g/mol. The average Bonchev–Trinajstić information content (AvgIpc) is 2.11. The molecule has 0 aromatic carbocycles. The lowest BCUT2D eigenvalue weighted by Gasteiger charge is -2.19. The van der Waals surface area contributed by atoms with Crippen LogP contribution in [0, 0.1) is 10.8 Å². The lowest BCUT2D eigenvalue weighted by Crippen LogP contribution is -2.49. The van der Waals surface area contributed by atoms with Gasteiger partial charge in [0.15, 0.2) is 5.96 Å². The van der Waals surface area contributed by atoms with Crippen molar-refractivity contribution in [1.82, 2.24) is 10.3 Å². The number of nitrogens with zero attached hydrogens (tertiary/aromatic N) is 1. The van der Waals surface area contributed by atoms with Crippen molar-refractivity contribution in [3.63, 3.8) is 0 Å². The molecule has 0 aliphatic rings. The lowest BCUT2D eigenvalue weighted by molar-refractivity contribution is 0.407. The van der Waals surface area contributed by atoms with Gasteiger partial charge in [-0.1, -0.05) is 26.2 Å². The number of rotatable bonds is 5. The molecular weight excluding hydrogens is 216 g/mol. The second-order valence-corrected chi connectivity index (χ2v) is 3.14. The van der Waals surface area contributed by atoms with Gasteiger partial charge in [0.2, 0.25) is 5.96 Å². The van der Waals surface area contributed by atoms with Crippen LogP contribution < -0.4 is 16.9 Å². The number of halogens is 1. The highest BCUT2D eigenvalue weighted by Crippen LogP contribution is 1.98. The van der Waals surface area contributed by atoms with Crippen molar-refractivity contribution in [2.45, 2.75) is 32.6 Å². The summed E-state index contributed by atoms with van der Waals surface area (Å²) in [6, 6.07) is 0. The largest absolute Gasteiger partial charge is 0.370 e. The summed E-state index contributed by atoms with van der Waals surface area (Å²) in [5.74, 6) is 5.24. The number of guanidine groups is 2. The fourth-order valence-corrected chi connectivity index (χ4v) is 1.02. The topological polar surface area (TPSA) is 115 Å². The summed E-state index contributed by atoms with van der Waals surface area (Å²) in [4.78, 5) is 0. The normalized spacial score (nSPS) is 8.93. The Hall–Kier alpha value is -1.01. The molecule has 0 heterocycles. The Balaban J connectivity index is 0. The minimum absolute atomic E-state index is 0. The maximum absolute atomic E-state index is 7.37. The van der Waals surface area contributed by atoms with Crippen molar-refractivity contribution in [2.75, 3.05) is 6.54 Å². The second-order valence-electron chi connectivity index (χ2n) is 3.14. The molecule has 0 aliphatic heterocycles. The Labute approximate surface area is 96.8 Å². The Morgan fingerprint density at radius 1 is 1.27 bits per heavy atom. The smallest absolute Gasteiger partial charge is 0.212 e. The molecular formula is C8H21ClN6. The molecule has 0 fully saturated rings. The number of hydrazine groups is 1. The van der Waals surface area contributed by atoms with E-state index in [0.29, 0.717) is 6.54 Å². The van der Waals surface area contributed by atoms with Gasteiger partial charge in [-0.2, -0.15) is 0 Å². The minimum atomic E-state index is -0.265. The summed E-state index contributed by atoms with van der Waals surface area (Å²) < 4.78 is 0. The summed E-state index contributed by atoms with van der Waals surface area (Å²) in [6.45, 7) is 2.75. The molecule has 90 valence electrons. The second kappa shape index (κ2) is 9.54. The third kappa shape index (κ3) is 9.30. The maximum Gasteiger partial charge on any atom is 0.212 e.